The second-order valence-electron chi connectivity index (χ2n) is 4.48. The summed E-state index contributed by atoms with van der Waals surface area (Å²) >= 11 is 7.41. The average Bonchev–Trinajstić information content (AvgIpc) is 2.98. The van der Waals surface area contributed by atoms with Crippen molar-refractivity contribution in [3.63, 3.8) is 0 Å². The van der Waals surface area contributed by atoms with Gasteiger partial charge < -0.3 is 10.6 Å². The van der Waals surface area contributed by atoms with Crippen molar-refractivity contribution in [3.05, 3.63) is 28.1 Å². The predicted octanol–water partition coefficient (Wildman–Crippen LogP) is 3.37. The number of rotatable bonds is 1. The molecule has 0 aliphatic carbocycles. The van der Waals surface area contributed by atoms with Crippen molar-refractivity contribution in [3.8, 4) is 0 Å². The van der Waals surface area contributed by atoms with E-state index in [1.54, 1.807) is 0 Å². The second-order valence-corrected chi connectivity index (χ2v) is 5.97. The Bertz CT molecular complexity index is 617. The molecule has 1 aromatic carbocycles. The van der Waals surface area contributed by atoms with Crippen molar-refractivity contribution in [1.82, 2.24) is 4.90 Å². The maximum atomic E-state index is 12.3. The summed E-state index contributed by atoms with van der Waals surface area (Å²) in [5, 5.41) is 1.53. The van der Waals surface area contributed by atoms with Crippen LogP contribution in [0, 0.1) is 0 Å². The summed E-state index contributed by atoms with van der Waals surface area (Å²) in [6.45, 7) is 1.68. The molecule has 0 radical (unpaired) electrons. The Balaban J connectivity index is 2.06. The van der Waals surface area contributed by atoms with Crippen LogP contribution < -0.4 is 5.73 Å². The number of nitrogens with two attached hydrogens (primary N) is 1. The van der Waals surface area contributed by atoms with Gasteiger partial charge in [-0.05, 0) is 31.0 Å². The molecular formula is C13H13ClN2OS. The van der Waals surface area contributed by atoms with Crippen LogP contribution in [-0.2, 0) is 0 Å². The van der Waals surface area contributed by atoms with Crippen molar-refractivity contribution in [2.24, 2.45) is 0 Å². The molecule has 0 saturated carbocycles. The monoisotopic (exact) mass is 280 g/mol. The number of anilines is 1. The van der Waals surface area contributed by atoms with E-state index in [1.807, 2.05) is 23.1 Å². The number of hydrogen-bond donors (Lipinski definition) is 1. The smallest absolute Gasteiger partial charge is 0.266 e. The van der Waals surface area contributed by atoms with E-state index in [0.717, 1.165) is 36.0 Å². The summed E-state index contributed by atoms with van der Waals surface area (Å²) < 4.78 is 1.01. The van der Waals surface area contributed by atoms with Gasteiger partial charge in [0.1, 0.15) is 4.88 Å². The highest BCUT2D eigenvalue weighted by atomic mass is 35.5. The van der Waals surface area contributed by atoms with Crippen LogP contribution in [0.3, 0.4) is 0 Å². The summed E-state index contributed by atoms with van der Waals surface area (Å²) in [4.78, 5) is 14.9. The molecule has 3 nitrogen and oxygen atoms in total. The molecule has 1 saturated heterocycles. The van der Waals surface area contributed by atoms with E-state index in [4.69, 9.17) is 17.3 Å². The minimum absolute atomic E-state index is 0.0577. The van der Waals surface area contributed by atoms with Gasteiger partial charge in [0, 0.05) is 28.2 Å². The van der Waals surface area contributed by atoms with Crippen molar-refractivity contribution in [2.75, 3.05) is 18.8 Å². The predicted molar refractivity (Wildman–Crippen MR) is 76.4 cm³/mol. The minimum atomic E-state index is 0.0577. The summed E-state index contributed by atoms with van der Waals surface area (Å²) in [7, 11) is 0. The van der Waals surface area contributed by atoms with E-state index in [-0.39, 0.29) is 5.91 Å². The van der Waals surface area contributed by atoms with Gasteiger partial charge in [0.05, 0.1) is 5.69 Å². The molecule has 0 unspecified atom stereocenters. The van der Waals surface area contributed by atoms with Crippen molar-refractivity contribution < 1.29 is 4.79 Å². The molecule has 1 aliphatic heterocycles. The zero-order valence-corrected chi connectivity index (χ0v) is 11.4. The zero-order chi connectivity index (χ0) is 12.7. The molecule has 1 aliphatic rings. The normalized spacial score (nSPS) is 15.5. The first-order valence-electron chi connectivity index (χ1n) is 5.93. The molecule has 2 aromatic rings. The Morgan fingerprint density at radius 3 is 2.78 bits per heavy atom. The molecule has 0 spiro atoms. The number of likely N-dealkylation sites (tertiary alicyclic amines) is 1. The zero-order valence-electron chi connectivity index (χ0n) is 9.78. The Kier molecular flexibility index (Phi) is 2.92. The molecule has 2 N–H and O–H groups in total. The van der Waals surface area contributed by atoms with Gasteiger partial charge >= 0.3 is 0 Å². The van der Waals surface area contributed by atoms with E-state index in [1.165, 1.54) is 11.3 Å². The molecule has 1 fully saturated rings. The average molecular weight is 281 g/mol. The Morgan fingerprint density at radius 2 is 2.06 bits per heavy atom. The lowest BCUT2D eigenvalue weighted by molar-refractivity contribution is 0.0798. The van der Waals surface area contributed by atoms with Crippen LogP contribution >= 0.6 is 22.9 Å². The fourth-order valence-electron chi connectivity index (χ4n) is 2.31. The molecule has 3 rings (SSSR count). The number of nitrogen functional groups attached to an aromatic ring is 1. The van der Waals surface area contributed by atoms with Crippen molar-refractivity contribution in [2.45, 2.75) is 12.8 Å². The lowest BCUT2D eigenvalue weighted by Crippen LogP contribution is -2.27. The summed E-state index contributed by atoms with van der Waals surface area (Å²) in [5.41, 5.74) is 6.64. The molecule has 5 heteroatoms. The first kappa shape index (κ1) is 11.8. The van der Waals surface area contributed by atoms with Gasteiger partial charge in [-0.3, -0.25) is 4.79 Å². The van der Waals surface area contributed by atoms with E-state index in [9.17, 15) is 4.79 Å². The molecule has 0 bridgehead atoms. The maximum Gasteiger partial charge on any atom is 0.266 e. The topological polar surface area (TPSA) is 46.3 Å². The lowest BCUT2D eigenvalue weighted by Gasteiger charge is -2.14. The summed E-state index contributed by atoms with van der Waals surface area (Å²) in [6.07, 6.45) is 2.17. The van der Waals surface area contributed by atoms with Crippen molar-refractivity contribution >= 4 is 44.6 Å². The number of nitrogens with zero attached hydrogens (tertiary/aromatic N) is 1. The van der Waals surface area contributed by atoms with Gasteiger partial charge in [0.25, 0.3) is 5.91 Å². The number of halogens is 1. The van der Waals surface area contributed by atoms with Crippen LogP contribution in [0.1, 0.15) is 22.5 Å². The minimum Gasteiger partial charge on any atom is -0.397 e. The molecule has 1 amide bonds. The van der Waals surface area contributed by atoms with Crippen molar-refractivity contribution in [1.29, 1.82) is 0 Å². The quantitative estimate of drug-likeness (QED) is 0.870. The van der Waals surface area contributed by atoms with Gasteiger partial charge in [-0.2, -0.15) is 0 Å². The standard InChI is InChI=1S/C13H13ClN2OS/c14-8-3-4-10-9(7-8)11(15)12(18-10)13(17)16-5-1-2-6-16/h3-4,7H,1-2,5-6,15H2. The number of hydrogen-bond acceptors (Lipinski definition) is 3. The largest absolute Gasteiger partial charge is 0.397 e. The van der Waals surface area contributed by atoms with Gasteiger partial charge in [0.2, 0.25) is 0 Å². The third-order valence-electron chi connectivity index (χ3n) is 3.28. The van der Waals surface area contributed by atoms with Crippen LogP contribution in [0.5, 0.6) is 0 Å². The number of benzene rings is 1. The highest BCUT2D eigenvalue weighted by Crippen LogP contribution is 2.36. The first-order valence-corrected chi connectivity index (χ1v) is 7.13. The van der Waals surface area contributed by atoms with Crippen LogP contribution in [0.4, 0.5) is 5.69 Å². The van der Waals surface area contributed by atoms with E-state index < -0.39 is 0 Å². The van der Waals surface area contributed by atoms with E-state index in [2.05, 4.69) is 0 Å². The Morgan fingerprint density at radius 1 is 1.33 bits per heavy atom. The third kappa shape index (κ3) is 1.85. The van der Waals surface area contributed by atoms with Crippen LogP contribution in [-0.4, -0.2) is 23.9 Å². The fraction of sp³-hybridized carbons (Fsp3) is 0.308. The summed E-state index contributed by atoms with van der Waals surface area (Å²) in [5.74, 6) is 0.0577. The number of carbonyl (C=O) groups is 1. The van der Waals surface area contributed by atoms with Crippen LogP contribution in [0.2, 0.25) is 5.02 Å². The van der Waals surface area contributed by atoms with Gasteiger partial charge in [0.15, 0.2) is 0 Å². The number of thiophene rings is 1. The highest BCUT2D eigenvalue weighted by Gasteiger charge is 2.24. The summed E-state index contributed by atoms with van der Waals surface area (Å²) in [6, 6.07) is 5.56. The van der Waals surface area contributed by atoms with Gasteiger partial charge in [-0.25, -0.2) is 0 Å². The fourth-order valence-corrected chi connectivity index (χ4v) is 3.55. The van der Waals surface area contributed by atoms with Gasteiger partial charge in [-0.15, -0.1) is 11.3 Å². The number of amides is 1. The molecule has 2 heterocycles. The third-order valence-corrected chi connectivity index (χ3v) is 4.69. The Hall–Kier alpha value is -1.26. The Labute approximate surface area is 114 Å². The van der Waals surface area contributed by atoms with Crippen LogP contribution in [0.25, 0.3) is 10.1 Å². The molecule has 1 aromatic heterocycles. The van der Waals surface area contributed by atoms with E-state index >= 15 is 0 Å². The number of carbonyl (C=O) groups excluding carboxylic acids is 1. The molecule has 94 valence electrons. The maximum absolute atomic E-state index is 12.3. The SMILES string of the molecule is Nc1c(C(=O)N2CCCC2)sc2ccc(Cl)cc12. The van der Waals surface area contributed by atoms with Gasteiger partial charge in [-0.1, -0.05) is 11.6 Å². The first-order chi connectivity index (χ1) is 8.66. The van der Waals surface area contributed by atoms with Crippen LogP contribution in [0.15, 0.2) is 18.2 Å². The van der Waals surface area contributed by atoms with E-state index in [0.29, 0.717) is 15.6 Å². The molecule has 18 heavy (non-hydrogen) atoms. The number of fused-ring (bicyclic) bond motifs is 1. The molecule has 0 atom stereocenters. The lowest BCUT2D eigenvalue weighted by atomic mass is 10.2. The molecular weight excluding hydrogens is 268 g/mol. The second kappa shape index (κ2) is 4.44. The highest BCUT2D eigenvalue weighted by molar-refractivity contribution is 7.21.